The van der Waals surface area contributed by atoms with Gasteiger partial charge in [-0.3, -0.25) is 4.79 Å². The predicted molar refractivity (Wildman–Crippen MR) is 210 cm³/mol. The minimum atomic E-state index is -1.09. The molecule has 290 valence electrons. The molecule has 4 N–H and O–H groups in total. The first-order valence-corrected chi connectivity index (χ1v) is 19.6. The number of hydrogen-bond acceptors (Lipinski definition) is 8. The SMILES string of the molecule is C[C@@H]1CC[C@H](C)N1c1ccc2c(-c3cc(C(=O)NCCOCCOCCCCCCO)ccc3C(=O)O)c3ccc(=[N+]4[C@H](CO)CC[C@@H]4C)cc-3oc2c1. The minimum absolute atomic E-state index is 0.00727. The molecule has 2 fully saturated rings. The predicted octanol–water partition coefficient (Wildman–Crippen LogP) is 5.91. The van der Waals surface area contributed by atoms with E-state index >= 15 is 0 Å². The second kappa shape index (κ2) is 18.4. The van der Waals surface area contributed by atoms with Gasteiger partial charge in [-0.1, -0.05) is 12.8 Å². The number of aromatic carboxylic acids is 1. The van der Waals surface area contributed by atoms with E-state index in [0.29, 0.717) is 66.5 Å². The summed E-state index contributed by atoms with van der Waals surface area (Å²) in [6, 6.07) is 17.8. The Kier molecular flexibility index (Phi) is 13.4. The Morgan fingerprint density at radius 3 is 2.33 bits per heavy atom. The molecule has 0 saturated carbocycles. The fourth-order valence-corrected chi connectivity index (χ4v) is 8.31. The zero-order valence-electron chi connectivity index (χ0n) is 31.9. The summed E-state index contributed by atoms with van der Waals surface area (Å²) in [7, 11) is 0. The summed E-state index contributed by atoms with van der Waals surface area (Å²) in [5.41, 5.74) is 3.94. The van der Waals surface area contributed by atoms with Crippen molar-refractivity contribution in [3.05, 3.63) is 71.1 Å². The first kappa shape index (κ1) is 39.4. The number of nitrogens with one attached hydrogen (secondary N) is 1. The number of nitrogens with zero attached hydrogens (tertiary/aromatic N) is 2. The van der Waals surface area contributed by atoms with Crippen molar-refractivity contribution < 1.29 is 38.8 Å². The van der Waals surface area contributed by atoms with Crippen LogP contribution in [-0.2, 0) is 9.47 Å². The molecule has 2 aromatic carbocycles. The number of hydrogen-bond donors (Lipinski definition) is 4. The molecular formula is C43H56N3O8+. The topological polar surface area (TPSA) is 145 Å². The third-order valence-electron chi connectivity index (χ3n) is 11.1. The fraction of sp³-hybridized carbons (Fsp3) is 0.512. The zero-order chi connectivity index (χ0) is 38.2. The Balaban J connectivity index is 1.31. The number of carboxylic acids is 1. The Labute approximate surface area is 317 Å². The number of rotatable bonds is 17. The average molecular weight is 743 g/mol. The zero-order valence-corrected chi connectivity index (χ0v) is 31.9. The van der Waals surface area contributed by atoms with Gasteiger partial charge in [0, 0.05) is 84.6 Å². The van der Waals surface area contributed by atoms with Gasteiger partial charge >= 0.3 is 5.97 Å². The standard InChI is InChI=1S/C43H55N3O8/c1-28-8-9-29(2)45(28)32-13-16-36-39(25-32)54-40-26-33(46-30(3)10-12-34(46)27-48)14-17-37(40)41(36)38-24-31(11-15-35(38)43(50)51)42(49)44-18-21-53-23-22-52-20-7-5-4-6-19-47/h11,13-17,24-26,28-30,34,47-48H,4-10,12,18-23,27H2,1-3H3,(H-,44,49,50,51)/p+1/t28-,29+,30-,34-/m0/s1. The highest BCUT2D eigenvalue weighted by molar-refractivity contribution is 6.09. The monoisotopic (exact) mass is 742 g/mol. The van der Waals surface area contributed by atoms with Crippen LogP contribution in [0.5, 0.6) is 0 Å². The number of fused-ring (bicyclic) bond motifs is 2. The summed E-state index contributed by atoms with van der Waals surface area (Å²) in [6.07, 6.45) is 7.87. The lowest BCUT2D eigenvalue weighted by Gasteiger charge is -2.29. The van der Waals surface area contributed by atoms with E-state index < -0.39 is 5.97 Å². The number of carbonyl (C=O) groups is 2. The van der Waals surface area contributed by atoms with Crippen molar-refractivity contribution >= 4 is 28.5 Å². The first-order chi connectivity index (χ1) is 26.2. The molecule has 4 atom stereocenters. The molecule has 0 radical (unpaired) electrons. The summed E-state index contributed by atoms with van der Waals surface area (Å²) >= 11 is 0. The quantitative estimate of drug-likeness (QED) is 0.0590. The molecule has 54 heavy (non-hydrogen) atoms. The van der Waals surface area contributed by atoms with E-state index in [2.05, 4.69) is 47.7 Å². The highest BCUT2D eigenvalue weighted by Gasteiger charge is 2.35. The number of amides is 1. The molecule has 0 bridgehead atoms. The molecule has 4 aliphatic rings. The van der Waals surface area contributed by atoms with Crippen molar-refractivity contribution in [2.24, 2.45) is 0 Å². The number of benzene rings is 3. The molecule has 0 unspecified atom stereocenters. The smallest absolute Gasteiger partial charge is 0.336 e. The first-order valence-electron chi connectivity index (χ1n) is 19.6. The van der Waals surface area contributed by atoms with Crippen LogP contribution in [0.15, 0.2) is 59.0 Å². The lowest BCUT2D eigenvalue weighted by Crippen LogP contribution is -2.40. The number of carbonyl (C=O) groups excluding carboxylic acids is 1. The number of aliphatic hydroxyl groups excluding tert-OH is 2. The summed E-state index contributed by atoms with van der Waals surface area (Å²) in [6.45, 7) is 9.06. The minimum Gasteiger partial charge on any atom is -0.478 e. The van der Waals surface area contributed by atoms with Crippen LogP contribution in [0.1, 0.15) is 92.9 Å². The van der Waals surface area contributed by atoms with Crippen LogP contribution in [0.25, 0.3) is 33.4 Å². The van der Waals surface area contributed by atoms with Gasteiger partial charge in [0.15, 0.2) is 12.1 Å². The van der Waals surface area contributed by atoms with E-state index in [0.717, 1.165) is 73.4 Å². The van der Waals surface area contributed by atoms with Crippen molar-refractivity contribution in [2.75, 3.05) is 51.1 Å². The lowest BCUT2D eigenvalue weighted by atomic mass is 9.89. The largest absolute Gasteiger partial charge is 0.478 e. The second-order valence-electron chi connectivity index (χ2n) is 14.9. The van der Waals surface area contributed by atoms with Crippen molar-refractivity contribution in [1.29, 1.82) is 0 Å². The fourth-order valence-electron chi connectivity index (χ4n) is 8.31. The van der Waals surface area contributed by atoms with Crippen molar-refractivity contribution in [3.63, 3.8) is 0 Å². The number of anilines is 1. The molecule has 0 spiro atoms. The van der Waals surface area contributed by atoms with Crippen LogP contribution in [0, 0.1) is 0 Å². The second-order valence-corrected chi connectivity index (χ2v) is 14.9. The molecular weight excluding hydrogens is 686 g/mol. The molecule has 2 saturated heterocycles. The molecule has 1 amide bonds. The van der Waals surface area contributed by atoms with E-state index in [1.54, 1.807) is 12.1 Å². The lowest BCUT2D eigenvalue weighted by molar-refractivity contribution is 0.0467. The van der Waals surface area contributed by atoms with Crippen LogP contribution in [-0.4, -0.2) is 97.5 Å². The maximum atomic E-state index is 13.4. The maximum Gasteiger partial charge on any atom is 0.336 e. The van der Waals surface area contributed by atoms with Gasteiger partial charge in [-0.25, -0.2) is 9.37 Å². The normalized spacial score (nSPS) is 21.0. The molecule has 6 rings (SSSR count). The molecule has 3 heterocycles. The van der Waals surface area contributed by atoms with Crippen LogP contribution in [0.4, 0.5) is 5.69 Å². The van der Waals surface area contributed by atoms with Gasteiger partial charge in [-0.05, 0) is 88.4 Å². The summed E-state index contributed by atoms with van der Waals surface area (Å²) < 4.78 is 20.2. The van der Waals surface area contributed by atoms with Gasteiger partial charge in [0.2, 0.25) is 5.36 Å². The van der Waals surface area contributed by atoms with Crippen molar-refractivity contribution in [1.82, 2.24) is 9.89 Å². The van der Waals surface area contributed by atoms with Crippen molar-refractivity contribution in [3.8, 4) is 22.5 Å². The molecule has 3 aliphatic heterocycles. The highest BCUT2D eigenvalue weighted by atomic mass is 16.5. The number of unbranched alkanes of at least 4 members (excludes halogenated alkanes) is 3. The van der Waals surface area contributed by atoms with Crippen molar-refractivity contribution in [2.45, 2.75) is 96.3 Å². The van der Waals surface area contributed by atoms with E-state index in [1.165, 1.54) is 6.07 Å². The Morgan fingerprint density at radius 2 is 1.59 bits per heavy atom. The third kappa shape index (κ3) is 8.81. The molecule has 11 heteroatoms. The molecule has 1 aliphatic carbocycles. The Morgan fingerprint density at radius 1 is 0.833 bits per heavy atom. The average Bonchev–Trinajstić information content (AvgIpc) is 3.72. The number of carboxylic acid groups (broad SMARTS) is 1. The van der Waals surface area contributed by atoms with Gasteiger partial charge < -0.3 is 39.4 Å². The van der Waals surface area contributed by atoms with Gasteiger partial charge in [-0.2, -0.15) is 0 Å². The van der Waals surface area contributed by atoms with E-state index in [9.17, 15) is 19.8 Å². The maximum absolute atomic E-state index is 13.4. The van der Waals surface area contributed by atoms with Crippen LogP contribution in [0.2, 0.25) is 0 Å². The van der Waals surface area contributed by atoms with Crippen LogP contribution < -0.4 is 20.1 Å². The van der Waals surface area contributed by atoms with E-state index in [4.69, 9.17) is 19.0 Å². The highest BCUT2D eigenvalue weighted by Crippen LogP contribution is 2.43. The number of ether oxygens (including phenoxy) is 2. The van der Waals surface area contributed by atoms with Gasteiger partial charge in [0.25, 0.3) is 5.91 Å². The van der Waals surface area contributed by atoms with Crippen LogP contribution in [0.3, 0.4) is 0 Å². The molecule has 11 nitrogen and oxygen atoms in total. The Hall–Kier alpha value is -4.29. The molecule has 0 aromatic heterocycles. The molecule has 2 aromatic rings. The Bertz CT molecular complexity index is 1950. The van der Waals surface area contributed by atoms with Gasteiger partial charge in [-0.15, -0.1) is 0 Å². The van der Waals surface area contributed by atoms with Gasteiger partial charge in [0.1, 0.15) is 18.0 Å². The summed E-state index contributed by atoms with van der Waals surface area (Å²) in [5.74, 6) is -0.825. The van der Waals surface area contributed by atoms with Crippen LogP contribution >= 0.6 is 0 Å². The van der Waals surface area contributed by atoms with Gasteiger partial charge in [0.05, 0.1) is 31.5 Å². The summed E-state index contributed by atoms with van der Waals surface area (Å²) in [4.78, 5) is 28.6. The number of aliphatic hydroxyl groups is 2. The van der Waals surface area contributed by atoms with E-state index in [-0.39, 0.29) is 43.3 Å². The van der Waals surface area contributed by atoms with E-state index in [1.807, 2.05) is 24.3 Å². The summed E-state index contributed by atoms with van der Waals surface area (Å²) in [5, 5.41) is 34.1. The third-order valence-corrected chi connectivity index (χ3v) is 11.1.